The predicted molar refractivity (Wildman–Crippen MR) is 103 cm³/mol. The summed E-state index contributed by atoms with van der Waals surface area (Å²) < 4.78 is 3.03. The van der Waals surface area contributed by atoms with E-state index in [-0.39, 0.29) is 36.4 Å². The lowest BCUT2D eigenvalue weighted by molar-refractivity contribution is -0.384. The standard InChI is InChI=1S/C19H18N6O4/c26-18(13-3-5-16(6-4-13)25(28)29)21-10-11-23-19(27)24(15-7-8-15)17(22-23)14-2-1-9-20-12-14/h1-6,9,12,15H,7-8,10-11H2,(H,21,26). The van der Waals surface area contributed by atoms with Gasteiger partial charge in [-0.3, -0.25) is 24.5 Å². The summed E-state index contributed by atoms with van der Waals surface area (Å²) in [6, 6.07) is 9.13. The Hall–Kier alpha value is -3.82. The van der Waals surface area contributed by atoms with Crippen molar-refractivity contribution >= 4 is 11.6 Å². The van der Waals surface area contributed by atoms with E-state index in [9.17, 15) is 19.7 Å². The molecule has 0 bridgehead atoms. The molecule has 1 N–H and O–H groups in total. The van der Waals surface area contributed by atoms with Crippen molar-refractivity contribution in [1.82, 2.24) is 24.6 Å². The van der Waals surface area contributed by atoms with E-state index < -0.39 is 4.92 Å². The topological polar surface area (TPSA) is 125 Å². The minimum absolute atomic E-state index is 0.0818. The Morgan fingerprint density at radius 3 is 2.62 bits per heavy atom. The largest absolute Gasteiger partial charge is 0.350 e. The van der Waals surface area contributed by atoms with E-state index in [4.69, 9.17) is 0 Å². The van der Waals surface area contributed by atoms with Gasteiger partial charge in [0, 0.05) is 48.2 Å². The lowest BCUT2D eigenvalue weighted by atomic mass is 10.2. The van der Waals surface area contributed by atoms with E-state index in [1.807, 2.05) is 6.07 Å². The number of amides is 1. The highest BCUT2D eigenvalue weighted by Gasteiger charge is 2.30. The fraction of sp³-hybridized carbons (Fsp3) is 0.263. The number of carbonyl (C=O) groups is 1. The summed E-state index contributed by atoms with van der Waals surface area (Å²) in [6.45, 7) is 0.411. The number of hydrogen-bond acceptors (Lipinski definition) is 6. The lowest BCUT2D eigenvalue weighted by Gasteiger charge is -2.04. The molecule has 0 aliphatic heterocycles. The van der Waals surface area contributed by atoms with Crippen molar-refractivity contribution in [1.29, 1.82) is 0 Å². The molecule has 148 valence electrons. The summed E-state index contributed by atoms with van der Waals surface area (Å²) in [5, 5.41) is 17.8. The first kappa shape index (κ1) is 18.5. The van der Waals surface area contributed by atoms with E-state index in [1.165, 1.54) is 28.9 Å². The van der Waals surface area contributed by atoms with Gasteiger partial charge in [0.15, 0.2) is 5.82 Å². The van der Waals surface area contributed by atoms with E-state index in [0.29, 0.717) is 11.4 Å². The highest BCUT2D eigenvalue weighted by atomic mass is 16.6. The Kier molecular flexibility index (Phi) is 4.90. The number of nitro groups is 1. The minimum atomic E-state index is -0.524. The zero-order valence-corrected chi connectivity index (χ0v) is 15.4. The molecule has 1 amide bonds. The molecule has 0 unspecified atom stereocenters. The fourth-order valence-corrected chi connectivity index (χ4v) is 3.03. The summed E-state index contributed by atoms with van der Waals surface area (Å²) in [7, 11) is 0. The lowest BCUT2D eigenvalue weighted by Crippen LogP contribution is -2.32. The van der Waals surface area contributed by atoms with Gasteiger partial charge in [0.1, 0.15) is 0 Å². The Morgan fingerprint density at radius 2 is 2.00 bits per heavy atom. The van der Waals surface area contributed by atoms with Crippen LogP contribution in [0.5, 0.6) is 0 Å². The van der Waals surface area contributed by atoms with Crippen LogP contribution < -0.4 is 11.0 Å². The third-order valence-corrected chi connectivity index (χ3v) is 4.65. The molecular weight excluding hydrogens is 376 g/mol. The van der Waals surface area contributed by atoms with Crippen LogP contribution in [0.15, 0.2) is 53.6 Å². The molecule has 0 atom stereocenters. The Balaban J connectivity index is 1.45. The maximum Gasteiger partial charge on any atom is 0.346 e. The molecule has 0 saturated heterocycles. The molecule has 1 saturated carbocycles. The van der Waals surface area contributed by atoms with E-state index in [2.05, 4.69) is 15.4 Å². The number of rotatable bonds is 7. The van der Waals surface area contributed by atoms with E-state index >= 15 is 0 Å². The number of nitrogens with one attached hydrogen (secondary N) is 1. The van der Waals surface area contributed by atoms with Crippen molar-refractivity contribution in [3.8, 4) is 11.4 Å². The zero-order chi connectivity index (χ0) is 20.4. The Morgan fingerprint density at radius 1 is 1.24 bits per heavy atom. The molecule has 4 rings (SSSR count). The molecule has 1 aliphatic rings. The van der Waals surface area contributed by atoms with Crippen molar-refractivity contribution < 1.29 is 9.72 Å². The summed E-state index contributed by atoms with van der Waals surface area (Å²) in [5.74, 6) is 0.203. The van der Waals surface area contributed by atoms with Crippen molar-refractivity contribution in [3.05, 3.63) is 75.0 Å². The number of hydrogen-bond donors (Lipinski definition) is 1. The van der Waals surface area contributed by atoms with Crippen LogP contribution in [0, 0.1) is 10.1 Å². The van der Waals surface area contributed by atoms with Gasteiger partial charge in [-0.05, 0) is 37.1 Å². The zero-order valence-electron chi connectivity index (χ0n) is 15.4. The van der Waals surface area contributed by atoms with Crippen molar-refractivity contribution in [2.75, 3.05) is 6.54 Å². The molecule has 2 aromatic heterocycles. The maximum absolute atomic E-state index is 12.8. The third kappa shape index (κ3) is 3.91. The molecule has 3 aromatic rings. The summed E-state index contributed by atoms with van der Waals surface area (Å²) in [6.07, 6.45) is 5.21. The van der Waals surface area contributed by atoms with E-state index in [1.54, 1.807) is 23.0 Å². The maximum atomic E-state index is 12.8. The predicted octanol–water partition coefficient (Wildman–Crippen LogP) is 1.78. The van der Waals surface area contributed by atoms with Gasteiger partial charge >= 0.3 is 5.69 Å². The molecule has 2 heterocycles. The van der Waals surface area contributed by atoms with Gasteiger partial charge in [-0.1, -0.05) is 0 Å². The first-order valence-electron chi connectivity index (χ1n) is 9.17. The number of non-ortho nitro benzene ring substituents is 1. The van der Waals surface area contributed by atoms with Crippen LogP contribution in [0.2, 0.25) is 0 Å². The van der Waals surface area contributed by atoms with Gasteiger partial charge in [-0.25, -0.2) is 9.48 Å². The van der Waals surface area contributed by atoms with Gasteiger partial charge in [0.25, 0.3) is 11.6 Å². The van der Waals surface area contributed by atoms with Crippen LogP contribution >= 0.6 is 0 Å². The van der Waals surface area contributed by atoms with Crippen LogP contribution in [-0.2, 0) is 6.54 Å². The Labute approximate surface area is 165 Å². The first-order valence-corrected chi connectivity index (χ1v) is 9.17. The number of benzene rings is 1. The van der Waals surface area contributed by atoms with E-state index in [0.717, 1.165) is 18.4 Å². The van der Waals surface area contributed by atoms with Crippen molar-refractivity contribution in [2.24, 2.45) is 0 Å². The molecule has 10 heteroatoms. The average Bonchev–Trinajstić information content (AvgIpc) is 3.52. The van der Waals surface area contributed by atoms with Gasteiger partial charge in [-0.15, -0.1) is 5.10 Å². The number of nitrogens with zero attached hydrogens (tertiary/aromatic N) is 5. The van der Waals surface area contributed by atoms with Crippen LogP contribution in [0.4, 0.5) is 5.69 Å². The summed E-state index contributed by atoms with van der Waals surface area (Å²) in [5.41, 5.74) is 0.783. The normalized spacial score (nSPS) is 13.2. The molecule has 10 nitrogen and oxygen atoms in total. The van der Waals surface area contributed by atoms with Gasteiger partial charge in [0.05, 0.1) is 11.5 Å². The number of aromatic nitrogens is 4. The number of pyridine rings is 1. The molecule has 0 spiro atoms. The monoisotopic (exact) mass is 394 g/mol. The SMILES string of the molecule is O=C(NCCn1nc(-c2cccnc2)n(C2CC2)c1=O)c1ccc([N+](=O)[O-])cc1. The molecule has 1 aliphatic carbocycles. The summed E-state index contributed by atoms with van der Waals surface area (Å²) in [4.78, 5) is 39.2. The molecule has 0 radical (unpaired) electrons. The van der Waals surface area contributed by atoms with Crippen molar-refractivity contribution in [2.45, 2.75) is 25.4 Å². The number of carbonyl (C=O) groups excluding carboxylic acids is 1. The first-order chi connectivity index (χ1) is 14.0. The van der Waals surface area contributed by atoms with Crippen molar-refractivity contribution in [3.63, 3.8) is 0 Å². The van der Waals surface area contributed by atoms with Crippen LogP contribution in [0.1, 0.15) is 29.2 Å². The second kappa shape index (κ2) is 7.66. The minimum Gasteiger partial charge on any atom is -0.350 e. The molecule has 1 fully saturated rings. The second-order valence-corrected chi connectivity index (χ2v) is 6.73. The van der Waals surface area contributed by atoms with Gasteiger partial charge < -0.3 is 5.32 Å². The quantitative estimate of drug-likeness (QED) is 0.481. The average molecular weight is 394 g/mol. The van der Waals surface area contributed by atoms with Crippen LogP contribution in [0.25, 0.3) is 11.4 Å². The van der Waals surface area contributed by atoms with Gasteiger partial charge in [0.2, 0.25) is 0 Å². The van der Waals surface area contributed by atoms with Gasteiger partial charge in [-0.2, -0.15) is 0 Å². The Bertz CT molecular complexity index is 1100. The third-order valence-electron chi connectivity index (χ3n) is 4.65. The molecular formula is C19H18N6O4. The molecule has 29 heavy (non-hydrogen) atoms. The van der Waals surface area contributed by atoms with Crippen LogP contribution in [0.3, 0.4) is 0 Å². The smallest absolute Gasteiger partial charge is 0.346 e. The highest BCUT2D eigenvalue weighted by molar-refractivity contribution is 5.94. The summed E-state index contributed by atoms with van der Waals surface area (Å²) >= 11 is 0. The second-order valence-electron chi connectivity index (χ2n) is 6.73. The molecule has 1 aromatic carbocycles. The van der Waals surface area contributed by atoms with Crippen LogP contribution in [-0.4, -0.2) is 36.7 Å². The highest BCUT2D eigenvalue weighted by Crippen LogP contribution is 2.36. The number of nitro benzene ring substituents is 1. The fourth-order valence-electron chi connectivity index (χ4n) is 3.03.